The van der Waals surface area contributed by atoms with Crippen LogP contribution in [0.1, 0.15) is 23.2 Å². The number of carboxylic acids is 1. The molecule has 0 unspecified atom stereocenters. The molecule has 0 radical (unpaired) electrons. The van der Waals surface area contributed by atoms with Crippen LogP contribution in [0.2, 0.25) is 0 Å². The van der Waals surface area contributed by atoms with Gasteiger partial charge in [-0.1, -0.05) is 0 Å². The maximum atomic E-state index is 12.4. The Morgan fingerprint density at radius 3 is 2.48 bits per heavy atom. The highest BCUT2D eigenvalue weighted by Gasteiger charge is 2.41. The van der Waals surface area contributed by atoms with E-state index < -0.39 is 17.4 Å². The molecule has 2 heterocycles. The lowest BCUT2D eigenvalue weighted by Crippen LogP contribution is -2.57. The lowest BCUT2D eigenvalue weighted by atomic mass is 9.89. The molecular formula is C16H17N3O4. The van der Waals surface area contributed by atoms with Crippen molar-refractivity contribution in [2.24, 2.45) is 0 Å². The first-order valence-corrected chi connectivity index (χ1v) is 7.34. The fraction of sp³-hybridized carbons (Fsp3) is 0.312. The van der Waals surface area contributed by atoms with Gasteiger partial charge < -0.3 is 15.2 Å². The third-order valence-corrected chi connectivity index (χ3v) is 4.01. The average molecular weight is 315 g/mol. The maximum Gasteiger partial charge on any atom is 0.329 e. The predicted octanol–water partition coefficient (Wildman–Crippen LogP) is 1.24. The molecule has 7 heteroatoms. The Labute approximate surface area is 132 Å². The Kier molecular flexibility index (Phi) is 4.12. The molecule has 2 N–H and O–H groups in total. The molecule has 7 nitrogen and oxygen atoms in total. The van der Waals surface area contributed by atoms with Crippen molar-refractivity contribution in [2.45, 2.75) is 18.4 Å². The molecule has 1 aliphatic heterocycles. The van der Waals surface area contributed by atoms with Gasteiger partial charge in [-0.25, -0.2) is 9.48 Å². The number of benzene rings is 1. The van der Waals surface area contributed by atoms with Gasteiger partial charge in [0.1, 0.15) is 5.54 Å². The number of hydrogen-bond donors (Lipinski definition) is 2. The van der Waals surface area contributed by atoms with Crippen molar-refractivity contribution in [3.63, 3.8) is 0 Å². The van der Waals surface area contributed by atoms with E-state index in [-0.39, 0.29) is 12.8 Å². The largest absolute Gasteiger partial charge is 0.480 e. The van der Waals surface area contributed by atoms with Gasteiger partial charge in [-0.2, -0.15) is 5.10 Å². The summed E-state index contributed by atoms with van der Waals surface area (Å²) in [5, 5.41) is 16.2. The van der Waals surface area contributed by atoms with Gasteiger partial charge in [0.05, 0.1) is 5.69 Å². The number of carbonyl (C=O) groups is 2. The van der Waals surface area contributed by atoms with E-state index in [2.05, 4.69) is 10.4 Å². The summed E-state index contributed by atoms with van der Waals surface area (Å²) in [4.78, 5) is 24.0. The molecule has 1 aromatic carbocycles. The number of rotatable bonds is 4. The van der Waals surface area contributed by atoms with Crippen molar-refractivity contribution in [3.05, 3.63) is 48.3 Å². The predicted molar refractivity (Wildman–Crippen MR) is 81.5 cm³/mol. The summed E-state index contributed by atoms with van der Waals surface area (Å²) in [7, 11) is 0. The molecule has 0 spiro atoms. The third kappa shape index (κ3) is 3.09. The molecule has 0 saturated carbocycles. The van der Waals surface area contributed by atoms with Gasteiger partial charge in [0, 0.05) is 44.0 Å². The number of aromatic nitrogens is 2. The van der Waals surface area contributed by atoms with Gasteiger partial charge in [0.15, 0.2) is 0 Å². The number of amides is 1. The van der Waals surface area contributed by atoms with E-state index in [9.17, 15) is 14.7 Å². The quantitative estimate of drug-likeness (QED) is 0.885. The first kappa shape index (κ1) is 15.2. The van der Waals surface area contributed by atoms with Crippen molar-refractivity contribution >= 4 is 11.9 Å². The van der Waals surface area contributed by atoms with Crippen LogP contribution in [0.3, 0.4) is 0 Å². The molecule has 2 aromatic rings. The molecule has 3 rings (SSSR count). The zero-order valence-electron chi connectivity index (χ0n) is 12.4. The maximum absolute atomic E-state index is 12.4. The van der Waals surface area contributed by atoms with Gasteiger partial charge in [-0.05, 0) is 30.3 Å². The van der Waals surface area contributed by atoms with Crippen LogP contribution in [0.5, 0.6) is 0 Å². The minimum atomic E-state index is -1.25. The molecule has 0 bridgehead atoms. The summed E-state index contributed by atoms with van der Waals surface area (Å²) >= 11 is 0. The monoisotopic (exact) mass is 315 g/mol. The smallest absolute Gasteiger partial charge is 0.329 e. The Hall–Kier alpha value is -2.67. The normalized spacial score (nSPS) is 16.7. The Bertz CT molecular complexity index is 689. The van der Waals surface area contributed by atoms with Crippen LogP contribution in [0.25, 0.3) is 5.69 Å². The van der Waals surface area contributed by atoms with Gasteiger partial charge in [-0.3, -0.25) is 4.79 Å². The summed E-state index contributed by atoms with van der Waals surface area (Å²) in [6, 6.07) is 8.64. The summed E-state index contributed by atoms with van der Waals surface area (Å²) in [6.45, 7) is 0.648. The second-order valence-electron chi connectivity index (χ2n) is 5.45. The lowest BCUT2D eigenvalue weighted by molar-refractivity contribution is -0.148. The van der Waals surface area contributed by atoms with Crippen molar-refractivity contribution < 1.29 is 19.4 Å². The summed E-state index contributed by atoms with van der Waals surface area (Å²) in [5.41, 5.74) is -0.0192. The topological polar surface area (TPSA) is 93.5 Å². The zero-order valence-corrected chi connectivity index (χ0v) is 12.4. The zero-order chi connectivity index (χ0) is 16.3. The van der Waals surface area contributed by atoms with Crippen molar-refractivity contribution in [1.82, 2.24) is 15.1 Å². The molecule has 1 saturated heterocycles. The van der Waals surface area contributed by atoms with E-state index >= 15 is 0 Å². The molecule has 1 fully saturated rings. The van der Waals surface area contributed by atoms with Crippen LogP contribution >= 0.6 is 0 Å². The summed E-state index contributed by atoms with van der Waals surface area (Å²) < 4.78 is 6.87. The van der Waals surface area contributed by atoms with E-state index in [4.69, 9.17) is 4.74 Å². The van der Waals surface area contributed by atoms with Crippen molar-refractivity contribution in [1.29, 1.82) is 0 Å². The lowest BCUT2D eigenvalue weighted by Gasteiger charge is -2.33. The molecule has 23 heavy (non-hydrogen) atoms. The molecule has 0 aliphatic carbocycles. The fourth-order valence-corrected chi connectivity index (χ4v) is 2.59. The number of carboxylic acid groups (broad SMARTS) is 1. The molecular weight excluding hydrogens is 298 g/mol. The fourth-order valence-electron chi connectivity index (χ4n) is 2.59. The number of nitrogens with zero attached hydrogens (tertiary/aromatic N) is 2. The van der Waals surface area contributed by atoms with Crippen LogP contribution in [-0.2, 0) is 9.53 Å². The first-order valence-electron chi connectivity index (χ1n) is 7.34. The summed E-state index contributed by atoms with van der Waals surface area (Å²) in [6.07, 6.45) is 4.00. The molecule has 120 valence electrons. The van der Waals surface area contributed by atoms with E-state index in [1.54, 1.807) is 41.3 Å². The Balaban J connectivity index is 1.76. The third-order valence-electron chi connectivity index (χ3n) is 4.01. The Morgan fingerprint density at radius 1 is 1.22 bits per heavy atom. The number of nitrogens with one attached hydrogen (secondary N) is 1. The van der Waals surface area contributed by atoms with E-state index in [0.29, 0.717) is 18.8 Å². The highest BCUT2D eigenvalue weighted by molar-refractivity contribution is 5.98. The molecule has 0 atom stereocenters. The minimum Gasteiger partial charge on any atom is -0.480 e. The molecule has 1 aliphatic rings. The van der Waals surface area contributed by atoms with Crippen LogP contribution in [0.4, 0.5) is 0 Å². The standard InChI is InChI=1S/C16H17N3O4/c20-14(18-16(15(21)22)6-10-23-11-7-16)12-2-4-13(5-3-12)19-9-1-8-17-19/h1-5,8-9H,6-7,10-11H2,(H,18,20)(H,21,22). The second kappa shape index (κ2) is 6.21. The van der Waals surface area contributed by atoms with Gasteiger partial charge in [-0.15, -0.1) is 0 Å². The van der Waals surface area contributed by atoms with Gasteiger partial charge in [0.2, 0.25) is 0 Å². The highest BCUT2D eigenvalue weighted by Crippen LogP contribution is 2.22. The van der Waals surface area contributed by atoms with Crippen LogP contribution < -0.4 is 5.32 Å². The number of carbonyl (C=O) groups excluding carboxylic acids is 1. The van der Waals surface area contributed by atoms with Gasteiger partial charge in [0.25, 0.3) is 5.91 Å². The molecule has 1 amide bonds. The number of ether oxygens (including phenoxy) is 1. The molecule has 1 aromatic heterocycles. The van der Waals surface area contributed by atoms with E-state index in [1.165, 1.54) is 0 Å². The van der Waals surface area contributed by atoms with Crippen LogP contribution in [0.15, 0.2) is 42.7 Å². The minimum absolute atomic E-state index is 0.263. The average Bonchev–Trinajstić information content (AvgIpc) is 3.10. The highest BCUT2D eigenvalue weighted by atomic mass is 16.5. The van der Waals surface area contributed by atoms with Gasteiger partial charge >= 0.3 is 5.97 Å². The number of aliphatic carboxylic acids is 1. The second-order valence-corrected chi connectivity index (χ2v) is 5.45. The van der Waals surface area contributed by atoms with E-state index in [1.807, 2.05) is 6.07 Å². The van der Waals surface area contributed by atoms with Crippen molar-refractivity contribution in [3.8, 4) is 5.69 Å². The van der Waals surface area contributed by atoms with Crippen LogP contribution in [0, 0.1) is 0 Å². The van der Waals surface area contributed by atoms with E-state index in [0.717, 1.165) is 5.69 Å². The van der Waals surface area contributed by atoms with Crippen molar-refractivity contribution in [2.75, 3.05) is 13.2 Å². The number of hydrogen-bond acceptors (Lipinski definition) is 4. The first-order chi connectivity index (χ1) is 11.1. The Morgan fingerprint density at radius 2 is 1.91 bits per heavy atom. The SMILES string of the molecule is O=C(NC1(C(=O)O)CCOCC1)c1ccc(-n2cccn2)cc1. The summed E-state index contributed by atoms with van der Waals surface area (Å²) in [5.74, 6) is -1.43. The van der Waals surface area contributed by atoms with Crippen LogP contribution in [-0.4, -0.2) is 45.5 Å².